The summed E-state index contributed by atoms with van der Waals surface area (Å²) in [5, 5.41) is 3.94. The SMILES string of the molecule is CCC(CC)C(C)NS(=O)(=O)c1c(N)nn(C)c1C. The molecule has 6 nitrogen and oxygen atoms in total. The van der Waals surface area contributed by atoms with E-state index in [9.17, 15) is 8.42 Å². The highest BCUT2D eigenvalue weighted by molar-refractivity contribution is 7.89. The minimum atomic E-state index is -3.62. The minimum absolute atomic E-state index is 0.0456. The van der Waals surface area contributed by atoms with E-state index in [1.165, 1.54) is 4.68 Å². The van der Waals surface area contributed by atoms with Crippen molar-refractivity contribution in [1.82, 2.24) is 14.5 Å². The van der Waals surface area contributed by atoms with E-state index < -0.39 is 10.0 Å². The summed E-state index contributed by atoms with van der Waals surface area (Å²) in [6.07, 6.45) is 1.86. The first-order chi connectivity index (χ1) is 8.74. The first kappa shape index (κ1) is 16.0. The average Bonchev–Trinajstić information content (AvgIpc) is 2.54. The Labute approximate surface area is 115 Å². The van der Waals surface area contributed by atoms with Crippen LogP contribution in [-0.2, 0) is 17.1 Å². The number of hydrogen-bond donors (Lipinski definition) is 2. The van der Waals surface area contributed by atoms with Crippen LogP contribution in [0.3, 0.4) is 0 Å². The molecule has 0 saturated carbocycles. The molecule has 0 spiro atoms. The molecule has 0 fully saturated rings. The van der Waals surface area contributed by atoms with Crippen LogP contribution in [-0.4, -0.2) is 24.2 Å². The molecule has 0 saturated heterocycles. The van der Waals surface area contributed by atoms with Crippen molar-refractivity contribution in [3.8, 4) is 0 Å². The van der Waals surface area contributed by atoms with E-state index in [1.807, 2.05) is 6.92 Å². The number of nitrogens with two attached hydrogens (primary N) is 1. The van der Waals surface area contributed by atoms with Gasteiger partial charge < -0.3 is 5.73 Å². The number of sulfonamides is 1. The number of rotatable bonds is 6. The number of nitrogens with zero attached hydrogens (tertiary/aromatic N) is 2. The van der Waals surface area contributed by atoms with Gasteiger partial charge in [0.05, 0.1) is 5.69 Å². The second kappa shape index (κ2) is 5.92. The Morgan fingerprint density at radius 3 is 2.26 bits per heavy atom. The second-order valence-electron chi connectivity index (χ2n) is 4.91. The fraction of sp³-hybridized carbons (Fsp3) is 0.750. The Balaban J connectivity index is 3.05. The largest absolute Gasteiger partial charge is 0.381 e. The number of anilines is 1. The number of hydrogen-bond acceptors (Lipinski definition) is 4. The summed E-state index contributed by atoms with van der Waals surface area (Å²) in [7, 11) is -1.95. The van der Waals surface area contributed by atoms with Crippen LogP contribution < -0.4 is 10.5 Å². The molecule has 0 aliphatic rings. The van der Waals surface area contributed by atoms with Crippen molar-refractivity contribution in [3.63, 3.8) is 0 Å². The predicted octanol–water partition coefficient (Wildman–Crippen LogP) is 1.41. The minimum Gasteiger partial charge on any atom is -0.381 e. The van der Waals surface area contributed by atoms with Gasteiger partial charge >= 0.3 is 0 Å². The molecule has 7 heteroatoms. The molecule has 110 valence electrons. The van der Waals surface area contributed by atoms with Gasteiger partial charge in [-0.2, -0.15) is 5.10 Å². The topological polar surface area (TPSA) is 90.0 Å². The summed E-state index contributed by atoms with van der Waals surface area (Å²) in [5.74, 6) is 0.359. The Morgan fingerprint density at radius 2 is 1.89 bits per heavy atom. The lowest BCUT2D eigenvalue weighted by atomic mass is 9.96. The molecule has 19 heavy (non-hydrogen) atoms. The number of nitrogens with one attached hydrogen (secondary N) is 1. The maximum Gasteiger partial charge on any atom is 0.246 e. The molecule has 1 rings (SSSR count). The lowest BCUT2D eigenvalue weighted by Gasteiger charge is -2.22. The van der Waals surface area contributed by atoms with E-state index >= 15 is 0 Å². The van der Waals surface area contributed by atoms with Gasteiger partial charge in [-0.3, -0.25) is 4.68 Å². The molecule has 1 unspecified atom stereocenters. The molecule has 1 aromatic heterocycles. The molecule has 1 heterocycles. The van der Waals surface area contributed by atoms with Gasteiger partial charge in [0.15, 0.2) is 5.82 Å². The summed E-state index contributed by atoms with van der Waals surface area (Å²) in [6.45, 7) is 7.70. The molecule has 0 bridgehead atoms. The molecule has 3 N–H and O–H groups in total. The average molecular weight is 288 g/mol. The third-order valence-corrected chi connectivity index (χ3v) is 5.39. The highest BCUT2D eigenvalue weighted by Crippen LogP contribution is 2.23. The predicted molar refractivity (Wildman–Crippen MR) is 76.2 cm³/mol. The Morgan fingerprint density at radius 1 is 1.37 bits per heavy atom. The van der Waals surface area contributed by atoms with E-state index in [1.54, 1.807) is 14.0 Å². The third kappa shape index (κ3) is 3.27. The van der Waals surface area contributed by atoms with E-state index in [0.717, 1.165) is 12.8 Å². The fourth-order valence-electron chi connectivity index (χ4n) is 2.34. The van der Waals surface area contributed by atoms with Crippen molar-refractivity contribution in [3.05, 3.63) is 5.69 Å². The van der Waals surface area contributed by atoms with Gasteiger partial charge in [0.25, 0.3) is 0 Å². The van der Waals surface area contributed by atoms with Gasteiger partial charge in [0, 0.05) is 13.1 Å². The lowest BCUT2D eigenvalue weighted by Crippen LogP contribution is -2.38. The molecule has 0 aliphatic heterocycles. The van der Waals surface area contributed by atoms with Gasteiger partial charge in [-0.15, -0.1) is 0 Å². The van der Waals surface area contributed by atoms with Crippen LogP contribution in [0, 0.1) is 12.8 Å². The molecule has 0 aliphatic carbocycles. The Hall–Kier alpha value is -1.08. The van der Waals surface area contributed by atoms with Crippen molar-refractivity contribution in [2.75, 3.05) is 5.73 Å². The molecule has 0 aromatic carbocycles. The highest BCUT2D eigenvalue weighted by Gasteiger charge is 2.27. The van der Waals surface area contributed by atoms with E-state index in [2.05, 4.69) is 23.7 Å². The van der Waals surface area contributed by atoms with Gasteiger partial charge in [-0.05, 0) is 19.8 Å². The zero-order valence-electron chi connectivity index (χ0n) is 12.3. The molecule has 1 atom stereocenters. The summed E-state index contributed by atoms with van der Waals surface area (Å²) < 4.78 is 29.0. The normalized spacial score (nSPS) is 14.0. The number of aromatic nitrogens is 2. The first-order valence-electron chi connectivity index (χ1n) is 6.55. The van der Waals surface area contributed by atoms with Crippen LogP contribution in [0.4, 0.5) is 5.82 Å². The highest BCUT2D eigenvalue weighted by atomic mass is 32.2. The zero-order valence-corrected chi connectivity index (χ0v) is 13.1. The fourth-order valence-corrected chi connectivity index (χ4v) is 3.98. The molecular formula is C12H24N4O2S. The maximum absolute atomic E-state index is 12.4. The van der Waals surface area contributed by atoms with Crippen LogP contribution in [0.5, 0.6) is 0 Å². The van der Waals surface area contributed by atoms with Crippen molar-refractivity contribution >= 4 is 15.8 Å². The number of nitrogen functional groups attached to an aromatic ring is 1. The van der Waals surface area contributed by atoms with Crippen LogP contribution >= 0.6 is 0 Å². The lowest BCUT2D eigenvalue weighted by molar-refractivity contribution is 0.390. The Bertz CT molecular complexity index is 532. The monoisotopic (exact) mass is 288 g/mol. The first-order valence-corrected chi connectivity index (χ1v) is 8.04. The smallest absolute Gasteiger partial charge is 0.246 e. The summed E-state index contributed by atoms with van der Waals surface area (Å²) in [4.78, 5) is 0.0906. The third-order valence-electron chi connectivity index (χ3n) is 3.67. The van der Waals surface area contributed by atoms with E-state index in [4.69, 9.17) is 5.73 Å². The molecular weight excluding hydrogens is 264 g/mol. The number of aryl methyl sites for hydroxylation is 1. The van der Waals surface area contributed by atoms with Crippen LogP contribution in [0.25, 0.3) is 0 Å². The van der Waals surface area contributed by atoms with Gasteiger partial charge in [-0.25, -0.2) is 13.1 Å². The molecule has 1 aromatic rings. The molecule has 0 radical (unpaired) electrons. The van der Waals surface area contributed by atoms with Crippen LogP contribution in [0.15, 0.2) is 4.90 Å². The van der Waals surface area contributed by atoms with Crippen molar-refractivity contribution in [1.29, 1.82) is 0 Å². The standard InChI is InChI=1S/C12H24N4O2S/c1-6-10(7-2)8(3)15-19(17,18)11-9(4)16(5)14-12(11)13/h8,10,15H,6-7H2,1-5H3,(H2,13,14). The molecule has 0 amide bonds. The van der Waals surface area contributed by atoms with E-state index in [-0.39, 0.29) is 16.8 Å². The van der Waals surface area contributed by atoms with Crippen LogP contribution in [0.1, 0.15) is 39.3 Å². The second-order valence-corrected chi connectivity index (χ2v) is 6.56. The Kier molecular flexibility index (Phi) is 4.98. The summed E-state index contributed by atoms with van der Waals surface area (Å²) >= 11 is 0. The summed E-state index contributed by atoms with van der Waals surface area (Å²) in [5.41, 5.74) is 6.24. The van der Waals surface area contributed by atoms with Gasteiger partial charge in [-0.1, -0.05) is 26.7 Å². The van der Waals surface area contributed by atoms with Gasteiger partial charge in [0.2, 0.25) is 10.0 Å². The summed E-state index contributed by atoms with van der Waals surface area (Å²) in [6, 6.07) is -0.126. The van der Waals surface area contributed by atoms with Crippen molar-refractivity contribution in [2.45, 2.75) is 51.5 Å². The van der Waals surface area contributed by atoms with Crippen molar-refractivity contribution < 1.29 is 8.42 Å². The maximum atomic E-state index is 12.4. The van der Waals surface area contributed by atoms with Crippen molar-refractivity contribution in [2.24, 2.45) is 13.0 Å². The quantitative estimate of drug-likeness (QED) is 0.828. The van der Waals surface area contributed by atoms with E-state index in [0.29, 0.717) is 11.6 Å². The van der Waals surface area contributed by atoms with Gasteiger partial charge in [0.1, 0.15) is 4.90 Å². The van der Waals surface area contributed by atoms with Crippen LogP contribution in [0.2, 0.25) is 0 Å². The zero-order chi connectivity index (χ0) is 14.8.